The van der Waals surface area contributed by atoms with Crippen LogP contribution < -0.4 is 4.72 Å². The van der Waals surface area contributed by atoms with Gasteiger partial charge in [0.25, 0.3) is 0 Å². The summed E-state index contributed by atoms with van der Waals surface area (Å²) >= 11 is 0. The van der Waals surface area contributed by atoms with E-state index < -0.39 is 15.6 Å². The van der Waals surface area contributed by atoms with Crippen molar-refractivity contribution in [3.05, 3.63) is 29.3 Å². The van der Waals surface area contributed by atoms with Gasteiger partial charge in [-0.15, -0.1) is 0 Å². The van der Waals surface area contributed by atoms with E-state index in [0.29, 0.717) is 12.0 Å². The minimum atomic E-state index is -3.57. The molecule has 4 nitrogen and oxygen atoms in total. The van der Waals surface area contributed by atoms with Crippen LogP contribution in [0, 0.1) is 13.8 Å². The first kappa shape index (κ1) is 16.1. The van der Waals surface area contributed by atoms with Gasteiger partial charge in [-0.2, -0.15) is 0 Å². The first-order valence-corrected chi connectivity index (χ1v) is 7.95. The lowest BCUT2D eigenvalue weighted by Gasteiger charge is -2.23. The maximum Gasteiger partial charge on any atom is 0.240 e. The SMILES string of the molecule is CCCC(C)(O)CNS(=O)(=O)c1cc(C)ccc1C. The summed E-state index contributed by atoms with van der Waals surface area (Å²) in [7, 11) is -3.57. The predicted octanol–water partition coefficient (Wildman–Crippen LogP) is 2.13. The van der Waals surface area contributed by atoms with Gasteiger partial charge in [-0.05, 0) is 44.4 Å². The number of aryl methyl sites for hydroxylation is 2. The molecule has 1 unspecified atom stereocenters. The molecule has 1 aromatic carbocycles. The van der Waals surface area contributed by atoms with Crippen molar-refractivity contribution in [2.45, 2.75) is 51.0 Å². The van der Waals surface area contributed by atoms with E-state index in [1.54, 1.807) is 26.0 Å². The molecule has 0 aliphatic heterocycles. The zero-order valence-electron chi connectivity index (χ0n) is 12.0. The van der Waals surface area contributed by atoms with Crippen LogP contribution in [0.1, 0.15) is 37.8 Å². The van der Waals surface area contributed by atoms with Crippen molar-refractivity contribution in [3.8, 4) is 0 Å². The second-order valence-electron chi connectivity index (χ2n) is 5.34. The van der Waals surface area contributed by atoms with Crippen LogP contribution in [0.15, 0.2) is 23.1 Å². The first-order valence-electron chi connectivity index (χ1n) is 6.47. The Labute approximate surface area is 115 Å². The van der Waals surface area contributed by atoms with Gasteiger partial charge in [-0.1, -0.05) is 25.5 Å². The van der Waals surface area contributed by atoms with Crippen molar-refractivity contribution in [1.29, 1.82) is 0 Å². The van der Waals surface area contributed by atoms with Gasteiger partial charge in [0, 0.05) is 6.54 Å². The second-order valence-corrected chi connectivity index (χ2v) is 7.08. The molecular formula is C14H23NO3S. The van der Waals surface area contributed by atoms with Crippen molar-refractivity contribution in [3.63, 3.8) is 0 Å². The third-order valence-corrected chi connectivity index (χ3v) is 4.61. The lowest BCUT2D eigenvalue weighted by molar-refractivity contribution is 0.0554. The number of rotatable bonds is 6. The topological polar surface area (TPSA) is 66.4 Å². The number of sulfonamides is 1. The second kappa shape index (κ2) is 6.03. The van der Waals surface area contributed by atoms with Crippen molar-refractivity contribution in [1.82, 2.24) is 4.72 Å². The van der Waals surface area contributed by atoms with E-state index >= 15 is 0 Å². The minimum Gasteiger partial charge on any atom is -0.389 e. The summed E-state index contributed by atoms with van der Waals surface area (Å²) in [5.74, 6) is 0. The third kappa shape index (κ3) is 4.60. The number of hydrogen-bond acceptors (Lipinski definition) is 3. The van der Waals surface area contributed by atoms with Gasteiger partial charge in [0.15, 0.2) is 0 Å². The largest absolute Gasteiger partial charge is 0.389 e. The highest BCUT2D eigenvalue weighted by molar-refractivity contribution is 7.89. The van der Waals surface area contributed by atoms with Crippen molar-refractivity contribution in [2.75, 3.05) is 6.54 Å². The van der Waals surface area contributed by atoms with Crippen LogP contribution in [-0.4, -0.2) is 25.7 Å². The van der Waals surface area contributed by atoms with E-state index in [1.165, 1.54) is 0 Å². The van der Waals surface area contributed by atoms with E-state index in [2.05, 4.69) is 4.72 Å². The predicted molar refractivity (Wildman–Crippen MR) is 76.6 cm³/mol. The summed E-state index contributed by atoms with van der Waals surface area (Å²) in [5, 5.41) is 10.0. The molecule has 19 heavy (non-hydrogen) atoms. The van der Waals surface area contributed by atoms with Gasteiger partial charge in [-0.25, -0.2) is 13.1 Å². The number of hydrogen-bond donors (Lipinski definition) is 2. The molecule has 0 spiro atoms. The van der Waals surface area contributed by atoms with E-state index in [-0.39, 0.29) is 11.4 Å². The number of nitrogens with one attached hydrogen (secondary N) is 1. The molecule has 0 fully saturated rings. The summed E-state index contributed by atoms with van der Waals surface area (Å²) in [5.41, 5.74) is 0.582. The maximum atomic E-state index is 12.2. The molecule has 0 heterocycles. The molecule has 0 saturated carbocycles. The Balaban J connectivity index is 2.90. The molecule has 2 N–H and O–H groups in total. The Kier molecular flexibility index (Phi) is 5.12. The highest BCUT2D eigenvalue weighted by atomic mass is 32.2. The Morgan fingerprint density at radius 1 is 1.32 bits per heavy atom. The lowest BCUT2D eigenvalue weighted by atomic mass is 10.0. The van der Waals surface area contributed by atoms with E-state index in [4.69, 9.17) is 0 Å². The van der Waals surface area contributed by atoms with E-state index in [9.17, 15) is 13.5 Å². The molecule has 0 aliphatic rings. The lowest BCUT2D eigenvalue weighted by Crippen LogP contribution is -2.40. The Hall–Kier alpha value is -0.910. The fraction of sp³-hybridized carbons (Fsp3) is 0.571. The van der Waals surface area contributed by atoms with Gasteiger partial charge >= 0.3 is 0 Å². The highest BCUT2D eigenvalue weighted by Gasteiger charge is 2.24. The van der Waals surface area contributed by atoms with Crippen LogP contribution in [0.5, 0.6) is 0 Å². The van der Waals surface area contributed by atoms with Crippen molar-refractivity contribution in [2.24, 2.45) is 0 Å². The number of benzene rings is 1. The molecule has 108 valence electrons. The quantitative estimate of drug-likeness (QED) is 0.841. The van der Waals surface area contributed by atoms with Crippen LogP contribution in [0.4, 0.5) is 0 Å². The van der Waals surface area contributed by atoms with Crippen molar-refractivity contribution < 1.29 is 13.5 Å². The Morgan fingerprint density at radius 3 is 2.53 bits per heavy atom. The van der Waals surface area contributed by atoms with Crippen LogP contribution in [-0.2, 0) is 10.0 Å². The summed E-state index contributed by atoms with van der Waals surface area (Å²) in [6.45, 7) is 7.23. The normalized spacial score (nSPS) is 15.2. The van der Waals surface area contributed by atoms with Crippen LogP contribution in [0.3, 0.4) is 0 Å². The Bertz CT molecular complexity index is 536. The average Bonchev–Trinajstić information content (AvgIpc) is 2.30. The molecule has 0 radical (unpaired) electrons. The van der Waals surface area contributed by atoms with Gasteiger partial charge in [0.2, 0.25) is 10.0 Å². The summed E-state index contributed by atoms with van der Waals surface area (Å²) in [6.07, 6.45) is 1.36. The smallest absolute Gasteiger partial charge is 0.240 e. The molecular weight excluding hydrogens is 262 g/mol. The maximum absolute atomic E-state index is 12.2. The molecule has 0 aliphatic carbocycles. The summed E-state index contributed by atoms with van der Waals surface area (Å²) in [6, 6.07) is 5.31. The fourth-order valence-corrected chi connectivity index (χ4v) is 3.44. The standard InChI is InChI=1S/C14H23NO3S/c1-5-8-14(4,16)10-15-19(17,18)13-9-11(2)6-7-12(13)3/h6-7,9,15-16H,5,8,10H2,1-4H3. The molecule has 5 heteroatoms. The molecule has 0 amide bonds. The molecule has 1 atom stereocenters. The molecule has 0 aromatic heterocycles. The van der Waals surface area contributed by atoms with Gasteiger partial charge in [-0.3, -0.25) is 0 Å². The first-order chi connectivity index (χ1) is 8.68. The zero-order chi connectivity index (χ0) is 14.7. The van der Waals surface area contributed by atoms with E-state index in [0.717, 1.165) is 12.0 Å². The van der Waals surface area contributed by atoms with Gasteiger partial charge in [0.1, 0.15) is 0 Å². The zero-order valence-corrected chi connectivity index (χ0v) is 12.8. The summed E-state index contributed by atoms with van der Waals surface area (Å²) < 4.78 is 27.0. The van der Waals surface area contributed by atoms with Crippen LogP contribution in [0.25, 0.3) is 0 Å². The van der Waals surface area contributed by atoms with Crippen LogP contribution >= 0.6 is 0 Å². The fourth-order valence-electron chi connectivity index (χ4n) is 1.95. The average molecular weight is 285 g/mol. The Morgan fingerprint density at radius 2 is 1.95 bits per heavy atom. The molecule has 0 bridgehead atoms. The van der Waals surface area contributed by atoms with Crippen LogP contribution in [0.2, 0.25) is 0 Å². The molecule has 1 rings (SSSR count). The van der Waals surface area contributed by atoms with Crippen molar-refractivity contribution >= 4 is 10.0 Å². The highest BCUT2D eigenvalue weighted by Crippen LogP contribution is 2.18. The minimum absolute atomic E-state index is 0.0244. The van der Waals surface area contributed by atoms with E-state index in [1.807, 2.05) is 19.9 Å². The molecule has 1 aromatic rings. The number of aliphatic hydroxyl groups is 1. The molecule has 0 saturated heterocycles. The monoisotopic (exact) mass is 285 g/mol. The van der Waals surface area contributed by atoms with Gasteiger partial charge in [0.05, 0.1) is 10.5 Å². The third-order valence-electron chi connectivity index (χ3n) is 3.06. The van der Waals surface area contributed by atoms with Gasteiger partial charge < -0.3 is 5.11 Å². The summed E-state index contributed by atoms with van der Waals surface area (Å²) in [4.78, 5) is 0.278.